The summed E-state index contributed by atoms with van der Waals surface area (Å²) in [7, 11) is 0. The third-order valence-electron chi connectivity index (χ3n) is 5.99. The normalized spacial score (nSPS) is 35.5. The lowest BCUT2D eigenvalue weighted by molar-refractivity contribution is -0.136. The average molecular weight is 289 g/mol. The molecule has 0 amide bonds. The van der Waals surface area contributed by atoms with E-state index < -0.39 is 5.60 Å². The Morgan fingerprint density at radius 1 is 1.33 bits per heavy atom. The molecule has 2 aliphatic rings. The number of rotatable bonds is 3. The minimum Gasteiger partial charge on any atom is -0.508 e. The van der Waals surface area contributed by atoms with Crippen molar-refractivity contribution in [1.82, 2.24) is 4.90 Å². The van der Waals surface area contributed by atoms with Crippen molar-refractivity contribution in [2.24, 2.45) is 0 Å². The minimum absolute atomic E-state index is 0.180. The number of nitrogens with zero attached hydrogens (tertiary/aromatic N) is 1. The van der Waals surface area contributed by atoms with Gasteiger partial charge in [-0.2, -0.15) is 0 Å². The van der Waals surface area contributed by atoms with Crippen LogP contribution in [0.3, 0.4) is 0 Å². The van der Waals surface area contributed by atoms with Crippen LogP contribution in [0.1, 0.15) is 51.2 Å². The van der Waals surface area contributed by atoms with E-state index in [1.807, 2.05) is 13.0 Å². The van der Waals surface area contributed by atoms with Gasteiger partial charge in [0.1, 0.15) is 5.75 Å². The summed E-state index contributed by atoms with van der Waals surface area (Å²) in [5.74, 6) is 0.316. The molecule has 2 N–H and O–H groups in total. The molecule has 1 aliphatic carbocycles. The molecule has 0 spiro atoms. The Bertz CT molecular complexity index is 540. The number of likely N-dealkylation sites (N-methyl/N-ethyl adjacent to an activating group) is 1. The lowest BCUT2D eigenvalue weighted by Crippen LogP contribution is -2.70. The van der Waals surface area contributed by atoms with E-state index in [0.717, 1.165) is 38.8 Å². The Morgan fingerprint density at radius 3 is 2.76 bits per heavy atom. The first-order valence-electron chi connectivity index (χ1n) is 8.25. The van der Waals surface area contributed by atoms with E-state index in [2.05, 4.69) is 24.8 Å². The highest BCUT2D eigenvalue weighted by atomic mass is 16.3. The zero-order chi connectivity index (χ0) is 15.3. The van der Waals surface area contributed by atoms with Crippen LogP contribution in [0, 0.1) is 0 Å². The Kier molecular flexibility index (Phi) is 3.53. The number of aromatic hydroxyl groups is 1. The molecule has 1 heterocycles. The fourth-order valence-corrected chi connectivity index (χ4v) is 4.87. The van der Waals surface area contributed by atoms with Crippen LogP contribution in [-0.2, 0) is 11.8 Å². The van der Waals surface area contributed by atoms with Crippen molar-refractivity contribution in [3.63, 3.8) is 0 Å². The fraction of sp³-hybridized carbons (Fsp3) is 0.667. The highest BCUT2D eigenvalue weighted by Gasteiger charge is 2.59. The van der Waals surface area contributed by atoms with E-state index in [9.17, 15) is 10.2 Å². The number of aliphatic hydroxyl groups is 1. The smallest absolute Gasteiger partial charge is 0.115 e. The molecule has 3 nitrogen and oxygen atoms in total. The monoisotopic (exact) mass is 289 g/mol. The first kappa shape index (κ1) is 14.9. The van der Waals surface area contributed by atoms with Crippen molar-refractivity contribution in [3.05, 3.63) is 29.3 Å². The van der Waals surface area contributed by atoms with E-state index in [0.29, 0.717) is 5.75 Å². The van der Waals surface area contributed by atoms with Gasteiger partial charge in [-0.3, -0.25) is 4.90 Å². The second kappa shape index (κ2) is 4.99. The average Bonchev–Trinajstić information content (AvgIpc) is 2.43. The van der Waals surface area contributed by atoms with Crippen LogP contribution in [0.25, 0.3) is 0 Å². The van der Waals surface area contributed by atoms with E-state index in [1.165, 1.54) is 11.1 Å². The van der Waals surface area contributed by atoms with Gasteiger partial charge in [0.25, 0.3) is 0 Å². The summed E-state index contributed by atoms with van der Waals surface area (Å²) in [4.78, 5) is 2.42. The standard InChI is InChI=1S/C18H27NO2/c1-4-8-18-9-10-19(5-2)16(17(18,3)21)11-13-6-7-14(20)12-15(13)18/h6-7,12,16,20-21H,4-5,8-11H2,1-3H3/t16-,17-,18+/m1/s1. The van der Waals surface area contributed by atoms with Crippen molar-refractivity contribution in [2.45, 2.75) is 63.5 Å². The number of piperidine rings is 1. The summed E-state index contributed by atoms with van der Waals surface area (Å²) in [6, 6.07) is 5.91. The van der Waals surface area contributed by atoms with E-state index in [-0.39, 0.29) is 11.5 Å². The van der Waals surface area contributed by atoms with Crippen LogP contribution >= 0.6 is 0 Å². The van der Waals surface area contributed by atoms with E-state index in [4.69, 9.17) is 0 Å². The maximum absolute atomic E-state index is 11.5. The summed E-state index contributed by atoms with van der Waals surface area (Å²) >= 11 is 0. The van der Waals surface area contributed by atoms with Gasteiger partial charge in [0.15, 0.2) is 0 Å². The van der Waals surface area contributed by atoms with Crippen molar-refractivity contribution in [2.75, 3.05) is 13.1 Å². The van der Waals surface area contributed by atoms with Gasteiger partial charge in [-0.15, -0.1) is 0 Å². The van der Waals surface area contributed by atoms with Crippen LogP contribution in [0.5, 0.6) is 5.75 Å². The number of phenolic OH excluding ortho intramolecular Hbond substituents is 1. The predicted molar refractivity (Wildman–Crippen MR) is 84.7 cm³/mol. The summed E-state index contributed by atoms with van der Waals surface area (Å²) in [6.07, 6.45) is 3.87. The number of benzene rings is 1. The molecule has 0 unspecified atom stereocenters. The van der Waals surface area contributed by atoms with Gasteiger partial charge in [-0.05, 0) is 62.5 Å². The van der Waals surface area contributed by atoms with Gasteiger partial charge in [0, 0.05) is 11.5 Å². The highest BCUT2D eigenvalue weighted by molar-refractivity contribution is 5.47. The molecular weight excluding hydrogens is 262 g/mol. The first-order chi connectivity index (χ1) is 9.96. The van der Waals surface area contributed by atoms with Gasteiger partial charge in [0.2, 0.25) is 0 Å². The molecule has 3 atom stereocenters. The summed E-state index contributed by atoms with van der Waals surface area (Å²) in [6.45, 7) is 8.39. The molecule has 3 heteroatoms. The predicted octanol–water partition coefficient (Wildman–Crippen LogP) is 2.83. The number of fused-ring (bicyclic) bond motifs is 4. The third-order valence-corrected chi connectivity index (χ3v) is 5.99. The molecule has 21 heavy (non-hydrogen) atoms. The fourth-order valence-electron chi connectivity index (χ4n) is 4.87. The number of hydrogen-bond donors (Lipinski definition) is 2. The summed E-state index contributed by atoms with van der Waals surface area (Å²) in [5, 5.41) is 21.4. The van der Waals surface area contributed by atoms with Crippen LogP contribution in [0.2, 0.25) is 0 Å². The Balaban J connectivity index is 2.20. The third kappa shape index (κ3) is 1.94. The van der Waals surface area contributed by atoms with Crippen LogP contribution in [0.15, 0.2) is 18.2 Å². The number of phenols is 1. The highest BCUT2D eigenvalue weighted by Crippen LogP contribution is 2.54. The number of hydrogen-bond acceptors (Lipinski definition) is 3. The van der Waals surface area contributed by atoms with Gasteiger partial charge in [-0.1, -0.05) is 26.3 Å². The largest absolute Gasteiger partial charge is 0.508 e. The lowest BCUT2D eigenvalue weighted by atomic mass is 9.53. The second-order valence-electron chi connectivity index (χ2n) is 6.92. The van der Waals surface area contributed by atoms with Crippen molar-refractivity contribution in [3.8, 4) is 5.75 Å². The van der Waals surface area contributed by atoms with Gasteiger partial charge >= 0.3 is 0 Å². The topological polar surface area (TPSA) is 43.7 Å². The molecule has 1 aliphatic heterocycles. The molecule has 0 saturated carbocycles. The minimum atomic E-state index is -0.738. The molecule has 0 aromatic heterocycles. The van der Waals surface area contributed by atoms with Crippen molar-refractivity contribution < 1.29 is 10.2 Å². The van der Waals surface area contributed by atoms with E-state index in [1.54, 1.807) is 6.07 Å². The van der Waals surface area contributed by atoms with Crippen molar-refractivity contribution in [1.29, 1.82) is 0 Å². The zero-order valence-corrected chi connectivity index (χ0v) is 13.4. The molecule has 2 bridgehead atoms. The zero-order valence-electron chi connectivity index (χ0n) is 13.4. The van der Waals surface area contributed by atoms with Gasteiger partial charge < -0.3 is 10.2 Å². The molecule has 116 valence electrons. The van der Waals surface area contributed by atoms with Crippen molar-refractivity contribution >= 4 is 0 Å². The molecule has 1 saturated heterocycles. The molecule has 0 radical (unpaired) electrons. The molecule has 1 aromatic rings. The molecule has 1 fully saturated rings. The van der Waals surface area contributed by atoms with Crippen LogP contribution < -0.4 is 0 Å². The quantitative estimate of drug-likeness (QED) is 0.899. The SMILES string of the molecule is CCC[C@]12CCN(CC)[C@H](Cc3ccc(O)cc31)[C@@]2(C)O. The molecule has 1 aromatic carbocycles. The van der Waals surface area contributed by atoms with Gasteiger partial charge in [0.05, 0.1) is 5.60 Å². The maximum Gasteiger partial charge on any atom is 0.115 e. The van der Waals surface area contributed by atoms with Crippen LogP contribution in [0.4, 0.5) is 0 Å². The Labute approximate surface area is 127 Å². The van der Waals surface area contributed by atoms with E-state index >= 15 is 0 Å². The van der Waals surface area contributed by atoms with Gasteiger partial charge in [-0.25, -0.2) is 0 Å². The Morgan fingerprint density at radius 2 is 2.10 bits per heavy atom. The lowest BCUT2D eigenvalue weighted by Gasteiger charge is -2.60. The molecular formula is C18H27NO2. The van der Waals surface area contributed by atoms with Crippen LogP contribution in [-0.4, -0.2) is 39.8 Å². The number of likely N-dealkylation sites (tertiary alicyclic amines) is 1. The summed E-state index contributed by atoms with van der Waals surface area (Å²) < 4.78 is 0. The maximum atomic E-state index is 11.5. The Hall–Kier alpha value is -1.06. The summed E-state index contributed by atoms with van der Waals surface area (Å²) in [5.41, 5.74) is 1.53. The first-order valence-corrected chi connectivity index (χ1v) is 8.25. The second-order valence-corrected chi connectivity index (χ2v) is 6.92. The molecule has 3 rings (SSSR count).